The molecule has 4 aromatic rings. The molecule has 6 rings (SSSR count). The monoisotopic (exact) mass is 493 g/mol. The number of benzene rings is 2. The van der Waals surface area contributed by atoms with Crippen LogP contribution in [0.2, 0.25) is 0 Å². The Bertz CT molecular complexity index is 1450. The van der Waals surface area contributed by atoms with Crippen LogP contribution in [0.1, 0.15) is 36.4 Å². The van der Waals surface area contributed by atoms with E-state index in [0.717, 1.165) is 66.9 Å². The lowest BCUT2D eigenvalue weighted by molar-refractivity contribution is -0.127. The van der Waals surface area contributed by atoms with Crippen LogP contribution in [0.3, 0.4) is 0 Å². The molecule has 0 bridgehead atoms. The van der Waals surface area contributed by atoms with Crippen LogP contribution in [0, 0.1) is 0 Å². The van der Waals surface area contributed by atoms with Crippen molar-refractivity contribution in [3.8, 4) is 28.4 Å². The summed E-state index contributed by atoms with van der Waals surface area (Å²) >= 11 is 0. The Hall–Kier alpha value is -3.97. The standard InChI is InChI=1S/C30H31N5O2/c1-3-28(36)34-17-15-23(16-18-34)31-25-12-10-21-19-22(9-11-24(21)25)29-30(20-7-5-4-6-8-20)35-26(32-29)13-14-27(33-35)37-2/h3-9,11,13-14,19,23,25,31H,1,10,12,15-18H2,2H3/t25-/m0/s1. The van der Waals surface area contributed by atoms with Gasteiger partial charge in [-0.3, -0.25) is 4.79 Å². The highest BCUT2D eigenvalue weighted by atomic mass is 16.5. The Morgan fingerprint density at radius 3 is 2.62 bits per heavy atom. The highest BCUT2D eigenvalue weighted by Gasteiger charge is 2.28. The number of carbonyl (C=O) groups is 1. The molecule has 1 aliphatic heterocycles. The Labute approximate surface area is 216 Å². The van der Waals surface area contributed by atoms with Crippen LogP contribution in [0.25, 0.3) is 28.2 Å². The van der Waals surface area contributed by atoms with E-state index in [9.17, 15) is 4.79 Å². The van der Waals surface area contributed by atoms with E-state index in [1.807, 2.05) is 39.7 Å². The summed E-state index contributed by atoms with van der Waals surface area (Å²) in [7, 11) is 1.63. The molecule has 1 saturated heterocycles. The second-order valence-corrected chi connectivity index (χ2v) is 9.80. The second kappa shape index (κ2) is 9.82. The fraction of sp³-hybridized carbons (Fsp3) is 0.300. The SMILES string of the molecule is C=CC(=O)N1CCC(N[C@H]2CCc3cc(-c4nc5ccc(OC)nn5c4-c4ccccc4)ccc32)CC1. The van der Waals surface area contributed by atoms with E-state index in [2.05, 4.69) is 47.3 Å². The van der Waals surface area contributed by atoms with Crippen molar-refractivity contribution in [2.75, 3.05) is 20.2 Å². The van der Waals surface area contributed by atoms with Gasteiger partial charge in [0.1, 0.15) is 5.69 Å². The fourth-order valence-electron chi connectivity index (χ4n) is 5.70. The van der Waals surface area contributed by atoms with Gasteiger partial charge in [0, 0.05) is 42.4 Å². The zero-order valence-corrected chi connectivity index (χ0v) is 21.1. The molecule has 0 radical (unpaired) electrons. The number of nitrogens with one attached hydrogen (secondary N) is 1. The molecule has 2 aromatic heterocycles. The Morgan fingerprint density at radius 2 is 1.86 bits per heavy atom. The van der Waals surface area contributed by atoms with Gasteiger partial charge in [-0.2, -0.15) is 0 Å². The third-order valence-corrected chi connectivity index (χ3v) is 7.62. The number of rotatable bonds is 6. The number of imidazole rings is 1. The number of carbonyl (C=O) groups excluding carboxylic acids is 1. The molecule has 1 aliphatic carbocycles. The normalized spacial score (nSPS) is 17.6. The molecule has 1 amide bonds. The highest BCUT2D eigenvalue weighted by molar-refractivity contribution is 5.87. The predicted molar refractivity (Wildman–Crippen MR) is 144 cm³/mol. The number of aromatic nitrogens is 3. The highest BCUT2D eigenvalue weighted by Crippen LogP contribution is 2.38. The zero-order valence-electron chi connectivity index (χ0n) is 21.1. The van der Waals surface area contributed by atoms with E-state index in [1.165, 1.54) is 17.2 Å². The first-order valence-electron chi connectivity index (χ1n) is 12.9. The van der Waals surface area contributed by atoms with Gasteiger partial charge in [0.2, 0.25) is 11.8 Å². The topological polar surface area (TPSA) is 71.8 Å². The summed E-state index contributed by atoms with van der Waals surface area (Å²) in [6, 6.07) is 21.6. The second-order valence-electron chi connectivity index (χ2n) is 9.80. The van der Waals surface area contributed by atoms with Crippen LogP contribution in [-0.4, -0.2) is 51.6 Å². The first-order valence-corrected chi connectivity index (χ1v) is 12.9. The fourth-order valence-corrected chi connectivity index (χ4v) is 5.70. The van der Waals surface area contributed by atoms with Crippen LogP contribution >= 0.6 is 0 Å². The molecule has 0 spiro atoms. The van der Waals surface area contributed by atoms with Gasteiger partial charge in [0.25, 0.3) is 0 Å². The van der Waals surface area contributed by atoms with Gasteiger partial charge >= 0.3 is 0 Å². The number of likely N-dealkylation sites (tertiary alicyclic amines) is 1. The summed E-state index contributed by atoms with van der Waals surface area (Å²) in [5, 5.41) is 8.55. The maximum Gasteiger partial charge on any atom is 0.245 e. The Balaban J connectivity index is 1.29. The number of amides is 1. The molecule has 1 atom stereocenters. The molecule has 7 heteroatoms. The minimum atomic E-state index is 0.0349. The van der Waals surface area contributed by atoms with Gasteiger partial charge in [-0.25, -0.2) is 9.50 Å². The summed E-state index contributed by atoms with van der Waals surface area (Å²) in [5.74, 6) is 0.587. The van der Waals surface area contributed by atoms with Gasteiger partial charge in [-0.1, -0.05) is 49.0 Å². The molecular formula is C30H31N5O2. The van der Waals surface area contributed by atoms with Gasteiger partial charge in [-0.15, -0.1) is 5.10 Å². The molecule has 7 nitrogen and oxygen atoms in total. The van der Waals surface area contributed by atoms with E-state index in [4.69, 9.17) is 9.72 Å². The van der Waals surface area contributed by atoms with Gasteiger partial charge in [0.05, 0.1) is 12.8 Å². The lowest BCUT2D eigenvalue weighted by atomic mass is 9.99. The van der Waals surface area contributed by atoms with Crippen LogP contribution in [0.5, 0.6) is 5.88 Å². The smallest absolute Gasteiger partial charge is 0.245 e. The molecular weight excluding hydrogens is 462 g/mol. The average molecular weight is 494 g/mol. The first kappa shape index (κ1) is 23.4. The molecule has 0 unspecified atom stereocenters. The molecule has 0 saturated carbocycles. The number of ether oxygens (including phenoxy) is 1. The van der Waals surface area contributed by atoms with E-state index in [-0.39, 0.29) is 5.91 Å². The molecule has 37 heavy (non-hydrogen) atoms. The van der Waals surface area contributed by atoms with Crippen LogP contribution < -0.4 is 10.1 Å². The van der Waals surface area contributed by atoms with Crippen molar-refractivity contribution in [2.45, 2.75) is 37.8 Å². The van der Waals surface area contributed by atoms with Crippen molar-refractivity contribution < 1.29 is 9.53 Å². The van der Waals surface area contributed by atoms with Crippen LogP contribution in [0.15, 0.2) is 73.3 Å². The van der Waals surface area contributed by atoms with Crippen LogP contribution in [0.4, 0.5) is 0 Å². The van der Waals surface area contributed by atoms with Crippen molar-refractivity contribution in [3.05, 3.63) is 84.4 Å². The van der Waals surface area contributed by atoms with E-state index >= 15 is 0 Å². The zero-order chi connectivity index (χ0) is 25.4. The van der Waals surface area contributed by atoms with Gasteiger partial charge in [0.15, 0.2) is 5.65 Å². The summed E-state index contributed by atoms with van der Waals surface area (Å²) in [6.45, 7) is 5.19. The number of aryl methyl sites for hydroxylation is 1. The molecule has 2 aromatic carbocycles. The summed E-state index contributed by atoms with van der Waals surface area (Å²) in [6.07, 6.45) is 5.48. The van der Waals surface area contributed by atoms with Crippen molar-refractivity contribution >= 4 is 11.6 Å². The minimum absolute atomic E-state index is 0.0349. The van der Waals surface area contributed by atoms with Crippen molar-refractivity contribution in [1.29, 1.82) is 0 Å². The van der Waals surface area contributed by atoms with Crippen molar-refractivity contribution in [1.82, 2.24) is 24.8 Å². The Kier molecular flexibility index (Phi) is 6.22. The molecule has 1 N–H and O–H groups in total. The summed E-state index contributed by atoms with van der Waals surface area (Å²) < 4.78 is 7.28. The molecule has 188 valence electrons. The van der Waals surface area contributed by atoms with Gasteiger partial charge in [-0.05, 0) is 55.0 Å². The number of hydrogen-bond acceptors (Lipinski definition) is 5. The molecule has 1 fully saturated rings. The Morgan fingerprint density at radius 1 is 1.05 bits per heavy atom. The minimum Gasteiger partial charge on any atom is -0.480 e. The third kappa shape index (κ3) is 4.40. The summed E-state index contributed by atoms with van der Waals surface area (Å²) in [4.78, 5) is 18.8. The van der Waals surface area contributed by atoms with E-state index in [1.54, 1.807) is 7.11 Å². The lowest BCUT2D eigenvalue weighted by Crippen LogP contribution is -2.45. The van der Waals surface area contributed by atoms with Crippen molar-refractivity contribution in [3.63, 3.8) is 0 Å². The maximum atomic E-state index is 11.9. The predicted octanol–water partition coefficient (Wildman–Crippen LogP) is 4.83. The van der Waals surface area contributed by atoms with Crippen molar-refractivity contribution in [2.24, 2.45) is 0 Å². The number of methoxy groups -OCH3 is 1. The van der Waals surface area contributed by atoms with Crippen LogP contribution in [-0.2, 0) is 11.2 Å². The van der Waals surface area contributed by atoms with E-state index < -0.39 is 0 Å². The third-order valence-electron chi connectivity index (χ3n) is 7.62. The molecule has 3 heterocycles. The maximum absolute atomic E-state index is 11.9. The lowest BCUT2D eigenvalue weighted by Gasteiger charge is -2.33. The number of piperidine rings is 1. The first-order chi connectivity index (χ1) is 18.1. The van der Waals surface area contributed by atoms with Gasteiger partial charge < -0.3 is 15.0 Å². The largest absolute Gasteiger partial charge is 0.480 e. The number of fused-ring (bicyclic) bond motifs is 2. The quantitative estimate of drug-likeness (QED) is 0.390. The van der Waals surface area contributed by atoms with E-state index in [0.29, 0.717) is 18.0 Å². The summed E-state index contributed by atoms with van der Waals surface area (Å²) in [5.41, 5.74) is 7.57. The average Bonchev–Trinajstić information content (AvgIpc) is 3.54. The number of hydrogen-bond donors (Lipinski definition) is 1. The molecule has 2 aliphatic rings. The number of nitrogens with zero attached hydrogens (tertiary/aromatic N) is 4.